The van der Waals surface area contributed by atoms with Gasteiger partial charge in [0.25, 0.3) is 0 Å². The molecular formula is C23H33NO4. The van der Waals surface area contributed by atoms with E-state index in [-0.39, 0.29) is 23.8 Å². The zero-order chi connectivity index (χ0) is 19.4. The Kier molecular flexibility index (Phi) is 4.48. The number of hydrogen-bond donors (Lipinski definition) is 0. The molecule has 0 aromatic carbocycles. The van der Waals surface area contributed by atoms with Crippen molar-refractivity contribution in [3.63, 3.8) is 0 Å². The first-order valence-corrected chi connectivity index (χ1v) is 11.3. The summed E-state index contributed by atoms with van der Waals surface area (Å²) in [6, 6.07) is 0. The van der Waals surface area contributed by atoms with Crippen molar-refractivity contribution >= 4 is 12.1 Å². The molecule has 1 atom stereocenters. The summed E-state index contributed by atoms with van der Waals surface area (Å²) in [6.07, 6.45) is 15.8. The van der Waals surface area contributed by atoms with Crippen LogP contribution in [0.1, 0.15) is 77.6 Å². The Morgan fingerprint density at radius 3 is 2.18 bits per heavy atom. The van der Waals surface area contributed by atoms with E-state index in [0.29, 0.717) is 6.54 Å². The second-order valence-corrected chi connectivity index (χ2v) is 10.5. The number of rotatable bonds is 3. The Labute approximate surface area is 167 Å². The van der Waals surface area contributed by atoms with Crippen molar-refractivity contribution in [3.8, 4) is 0 Å². The van der Waals surface area contributed by atoms with Gasteiger partial charge in [-0.3, -0.25) is 9.69 Å². The first-order chi connectivity index (χ1) is 13.4. The van der Waals surface area contributed by atoms with E-state index in [1.54, 1.807) is 11.1 Å². The predicted molar refractivity (Wildman–Crippen MR) is 104 cm³/mol. The van der Waals surface area contributed by atoms with Crippen LogP contribution in [0.2, 0.25) is 0 Å². The number of carbonyl (C=O) groups is 2. The summed E-state index contributed by atoms with van der Waals surface area (Å²) in [5.74, 6) is 2.01. The van der Waals surface area contributed by atoms with Crippen LogP contribution >= 0.6 is 0 Å². The topological polar surface area (TPSA) is 55.8 Å². The van der Waals surface area contributed by atoms with Crippen LogP contribution < -0.4 is 0 Å². The molecule has 6 rings (SSSR count). The highest BCUT2D eigenvalue weighted by molar-refractivity contribution is 5.82. The van der Waals surface area contributed by atoms with Crippen LogP contribution in [-0.4, -0.2) is 35.2 Å². The molecule has 154 valence electrons. The molecular weight excluding hydrogens is 354 g/mol. The molecule has 28 heavy (non-hydrogen) atoms. The molecule has 6 aliphatic rings. The molecule has 5 aliphatic carbocycles. The maximum atomic E-state index is 12.9. The largest absolute Gasteiger partial charge is 0.462 e. The number of esters is 1. The normalized spacial score (nSPS) is 42.0. The maximum Gasteiger partial charge on any atom is 0.414 e. The molecule has 5 saturated carbocycles. The van der Waals surface area contributed by atoms with Crippen molar-refractivity contribution in [2.24, 2.45) is 23.2 Å². The maximum absolute atomic E-state index is 12.9. The SMILES string of the molecule is C[C@@]1(C(=O)OC2CCCCC2)C=CN(C(=O)OC23CC4CC(CC(C4)C2)C3)C1. The molecule has 4 bridgehead atoms. The lowest BCUT2D eigenvalue weighted by Gasteiger charge is -2.55. The summed E-state index contributed by atoms with van der Waals surface area (Å²) in [4.78, 5) is 27.3. The van der Waals surface area contributed by atoms with Crippen LogP contribution in [0, 0.1) is 23.2 Å². The summed E-state index contributed by atoms with van der Waals surface area (Å²) in [5, 5.41) is 0. The van der Waals surface area contributed by atoms with E-state index in [2.05, 4.69) is 0 Å². The van der Waals surface area contributed by atoms with Crippen LogP contribution in [0.4, 0.5) is 4.79 Å². The molecule has 0 aromatic heterocycles. The molecule has 1 heterocycles. The third-order valence-electron chi connectivity index (χ3n) is 7.93. The number of nitrogens with zero attached hydrogens (tertiary/aromatic N) is 1. The van der Waals surface area contributed by atoms with Gasteiger partial charge in [0.05, 0.1) is 0 Å². The molecule has 0 unspecified atom stereocenters. The highest BCUT2D eigenvalue weighted by Gasteiger charge is 2.54. The highest BCUT2D eigenvalue weighted by atomic mass is 16.6. The minimum absolute atomic E-state index is 0.0412. The van der Waals surface area contributed by atoms with Crippen molar-refractivity contribution in [2.75, 3.05) is 6.54 Å². The Hall–Kier alpha value is -1.52. The van der Waals surface area contributed by atoms with E-state index in [9.17, 15) is 9.59 Å². The minimum Gasteiger partial charge on any atom is -0.462 e. The molecule has 5 nitrogen and oxygen atoms in total. The van der Waals surface area contributed by atoms with Gasteiger partial charge >= 0.3 is 12.1 Å². The molecule has 0 aromatic rings. The standard InChI is InChI=1S/C23H33NO4/c1-22(20(25)27-19-5-3-2-4-6-19)7-8-24(15-22)21(26)28-23-12-16-9-17(13-23)11-18(10-16)14-23/h7-8,16-19H,2-6,9-15H2,1H3/t16?,17?,18?,22-,23?/m1/s1. The average Bonchev–Trinajstić information content (AvgIpc) is 3.05. The second kappa shape index (κ2) is 6.77. The van der Waals surface area contributed by atoms with Crippen LogP contribution in [0.3, 0.4) is 0 Å². The van der Waals surface area contributed by atoms with Crippen molar-refractivity contribution in [2.45, 2.75) is 89.3 Å². The van der Waals surface area contributed by atoms with Gasteiger partial charge in [-0.25, -0.2) is 4.79 Å². The van der Waals surface area contributed by atoms with E-state index in [1.807, 2.05) is 13.0 Å². The molecule has 0 saturated heterocycles. The van der Waals surface area contributed by atoms with Gasteiger partial charge in [-0.05, 0) is 95.0 Å². The fourth-order valence-electron chi connectivity index (χ4n) is 6.84. The van der Waals surface area contributed by atoms with Crippen molar-refractivity contribution < 1.29 is 19.1 Å². The van der Waals surface area contributed by atoms with Gasteiger partial charge in [-0.1, -0.05) is 6.42 Å². The summed E-state index contributed by atoms with van der Waals surface area (Å²) in [5.41, 5.74) is -1.01. The number of carbonyl (C=O) groups excluding carboxylic acids is 2. The Morgan fingerprint density at radius 1 is 0.964 bits per heavy atom. The first kappa shape index (κ1) is 18.5. The second-order valence-electron chi connectivity index (χ2n) is 10.5. The lowest BCUT2D eigenvalue weighted by atomic mass is 9.54. The van der Waals surface area contributed by atoms with Crippen LogP contribution in [0.5, 0.6) is 0 Å². The number of ether oxygens (including phenoxy) is 2. The van der Waals surface area contributed by atoms with Gasteiger partial charge in [-0.15, -0.1) is 0 Å². The zero-order valence-electron chi connectivity index (χ0n) is 17.0. The fourth-order valence-corrected chi connectivity index (χ4v) is 6.84. The van der Waals surface area contributed by atoms with Gasteiger partial charge < -0.3 is 9.47 Å². The van der Waals surface area contributed by atoms with Gasteiger partial charge in [-0.2, -0.15) is 0 Å². The van der Waals surface area contributed by atoms with Crippen molar-refractivity contribution in [1.29, 1.82) is 0 Å². The Morgan fingerprint density at radius 2 is 1.57 bits per heavy atom. The summed E-state index contributed by atoms with van der Waals surface area (Å²) >= 11 is 0. The average molecular weight is 388 g/mol. The van der Waals surface area contributed by atoms with Gasteiger partial charge in [0, 0.05) is 12.7 Å². The van der Waals surface area contributed by atoms with Gasteiger partial charge in [0.2, 0.25) is 0 Å². The highest BCUT2D eigenvalue weighted by Crippen LogP contribution is 2.57. The van der Waals surface area contributed by atoms with Crippen LogP contribution in [0.15, 0.2) is 12.3 Å². The summed E-state index contributed by atoms with van der Waals surface area (Å²) in [7, 11) is 0. The lowest BCUT2D eigenvalue weighted by Crippen LogP contribution is -2.54. The van der Waals surface area contributed by atoms with E-state index in [1.165, 1.54) is 25.7 Å². The molecule has 5 heteroatoms. The van der Waals surface area contributed by atoms with Crippen molar-refractivity contribution in [1.82, 2.24) is 4.90 Å². The van der Waals surface area contributed by atoms with Crippen LogP contribution in [-0.2, 0) is 14.3 Å². The number of hydrogen-bond acceptors (Lipinski definition) is 4. The van der Waals surface area contributed by atoms with Crippen LogP contribution in [0.25, 0.3) is 0 Å². The fraction of sp³-hybridized carbons (Fsp3) is 0.826. The lowest BCUT2D eigenvalue weighted by molar-refractivity contribution is -0.159. The molecule has 0 N–H and O–H groups in total. The zero-order valence-corrected chi connectivity index (χ0v) is 17.0. The monoisotopic (exact) mass is 387 g/mol. The molecule has 5 fully saturated rings. The smallest absolute Gasteiger partial charge is 0.414 e. The third kappa shape index (κ3) is 3.35. The Balaban J connectivity index is 1.19. The molecule has 0 spiro atoms. The predicted octanol–water partition coefficient (Wildman–Crippen LogP) is 4.80. The minimum atomic E-state index is -0.766. The van der Waals surface area contributed by atoms with Crippen molar-refractivity contribution in [3.05, 3.63) is 12.3 Å². The third-order valence-corrected chi connectivity index (χ3v) is 7.93. The quantitative estimate of drug-likeness (QED) is 0.653. The Bertz CT molecular complexity index is 645. The number of amides is 1. The summed E-state index contributed by atoms with van der Waals surface area (Å²) < 4.78 is 11.9. The molecule has 1 amide bonds. The molecule has 0 radical (unpaired) electrons. The van der Waals surface area contributed by atoms with Gasteiger partial charge in [0.1, 0.15) is 17.1 Å². The van der Waals surface area contributed by atoms with E-state index in [0.717, 1.165) is 62.7 Å². The summed E-state index contributed by atoms with van der Waals surface area (Å²) in [6.45, 7) is 2.19. The van der Waals surface area contributed by atoms with E-state index >= 15 is 0 Å². The molecule has 1 aliphatic heterocycles. The van der Waals surface area contributed by atoms with Gasteiger partial charge in [0.15, 0.2) is 0 Å². The van der Waals surface area contributed by atoms with E-state index < -0.39 is 5.41 Å². The first-order valence-electron chi connectivity index (χ1n) is 11.3. The van der Waals surface area contributed by atoms with E-state index in [4.69, 9.17) is 9.47 Å².